The fourth-order valence-electron chi connectivity index (χ4n) is 2.35. The monoisotopic (exact) mass is 272 g/mol. The first-order valence-electron chi connectivity index (χ1n) is 6.60. The molecule has 2 aromatic rings. The van der Waals surface area contributed by atoms with Gasteiger partial charge in [0.2, 0.25) is 0 Å². The fraction of sp³-hybridized carbons (Fsp3) is 0.286. The molecule has 1 aliphatic rings. The summed E-state index contributed by atoms with van der Waals surface area (Å²) in [6.07, 6.45) is 0.786. The number of anilines is 1. The molecule has 0 unspecified atom stereocenters. The summed E-state index contributed by atoms with van der Waals surface area (Å²) in [5.74, 6) is 0. The predicted octanol–water partition coefficient (Wildman–Crippen LogP) is 0.468. The number of fused-ring (bicyclic) bond motifs is 1. The fourth-order valence-corrected chi connectivity index (χ4v) is 2.35. The Balaban J connectivity index is 1.67. The van der Waals surface area contributed by atoms with Crippen LogP contribution in [0.1, 0.15) is 12.0 Å². The molecular weight excluding hydrogens is 256 g/mol. The lowest BCUT2D eigenvalue weighted by molar-refractivity contribution is 0.444. The van der Waals surface area contributed by atoms with Crippen molar-refractivity contribution in [2.75, 3.05) is 5.32 Å². The summed E-state index contributed by atoms with van der Waals surface area (Å²) in [4.78, 5) is 22.8. The topological polar surface area (TPSA) is 78.9 Å². The van der Waals surface area contributed by atoms with E-state index >= 15 is 0 Å². The van der Waals surface area contributed by atoms with Gasteiger partial charge in [-0.05, 0) is 11.6 Å². The van der Waals surface area contributed by atoms with E-state index in [1.54, 1.807) is 0 Å². The Morgan fingerprint density at radius 3 is 2.90 bits per heavy atom. The molecule has 0 bridgehead atoms. The summed E-state index contributed by atoms with van der Waals surface area (Å²) in [5.41, 5.74) is 1.89. The largest absolute Gasteiger partial charge is 0.369 e. The molecule has 3 N–H and O–H groups in total. The van der Waals surface area contributed by atoms with E-state index in [0.717, 1.165) is 12.2 Å². The van der Waals surface area contributed by atoms with Gasteiger partial charge in [-0.2, -0.15) is 0 Å². The molecule has 1 aromatic heterocycles. The lowest BCUT2D eigenvalue weighted by Crippen LogP contribution is -2.41. The zero-order chi connectivity index (χ0) is 13.9. The molecule has 0 fully saturated rings. The maximum Gasteiger partial charge on any atom is 0.265 e. The third-order valence-corrected chi connectivity index (χ3v) is 3.42. The highest BCUT2D eigenvalue weighted by atomic mass is 16.1. The van der Waals surface area contributed by atoms with Crippen LogP contribution in [-0.4, -0.2) is 15.9 Å². The molecule has 6 heteroatoms. The molecule has 3 rings (SSSR count). The van der Waals surface area contributed by atoms with Crippen molar-refractivity contribution in [3.63, 3.8) is 0 Å². The van der Waals surface area contributed by atoms with Crippen LogP contribution in [0.5, 0.6) is 0 Å². The molecule has 1 atom stereocenters. The van der Waals surface area contributed by atoms with Crippen LogP contribution in [-0.2, 0) is 13.1 Å². The number of benzene rings is 1. The van der Waals surface area contributed by atoms with Gasteiger partial charge in [0.05, 0.1) is 6.17 Å². The van der Waals surface area contributed by atoms with Gasteiger partial charge < -0.3 is 5.32 Å². The Kier molecular flexibility index (Phi) is 3.39. The number of aromatic amines is 1. The first-order valence-corrected chi connectivity index (χ1v) is 6.60. The minimum atomic E-state index is -0.264. The maximum absolute atomic E-state index is 11.6. The molecule has 0 spiro atoms. The molecule has 0 saturated heterocycles. The van der Waals surface area contributed by atoms with Crippen molar-refractivity contribution < 1.29 is 0 Å². The van der Waals surface area contributed by atoms with E-state index < -0.39 is 0 Å². The number of hydrogen-bond donors (Lipinski definition) is 3. The summed E-state index contributed by atoms with van der Waals surface area (Å²) in [5, 5.41) is 9.27. The molecule has 1 aromatic carbocycles. The maximum atomic E-state index is 11.6. The van der Waals surface area contributed by atoms with E-state index in [4.69, 9.17) is 0 Å². The van der Waals surface area contributed by atoms with Gasteiger partial charge in [0.25, 0.3) is 11.1 Å². The molecule has 6 nitrogen and oxygen atoms in total. The first kappa shape index (κ1) is 12.7. The second-order valence-corrected chi connectivity index (χ2v) is 4.82. The third-order valence-electron chi connectivity index (χ3n) is 3.42. The Morgan fingerprint density at radius 2 is 2.00 bits per heavy atom. The van der Waals surface area contributed by atoms with Crippen LogP contribution in [0.2, 0.25) is 0 Å². The number of nitrogens with one attached hydrogen (secondary N) is 3. The van der Waals surface area contributed by atoms with E-state index in [1.165, 1.54) is 22.4 Å². The van der Waals surface area contributed by atoms with Crippen molar-refractivity contribution in [3.8, 4) is 0 Å². The number of aryl methyl sites for hydroxylation is 1. The molecule has 0 radical (unpaired) electrons. The van der Waals surface area contributed by atoms with Gasteiger partial charge in [-0.3, -0.25) is 24.7 Å². The van der Waals surface area contributed by atoms with Crippen LogP contribution < -0.4 is 21.8 Å². The lowest BCUT2D eigenvalue weighted by atomic mass is 10.1. The number of nitrogens with zero attached hydrogens (tertiary/aromatic N) is 1. The molecular formula is C14H16N4O2. The predicted molar refractivity (Wildman–Crippen MR) is 76.6 cm³/mol. The molecule has 2 heterocycles. The zero-order valence-corrected chi connectivity index (χ0v) is 10.9. The zero-order valence-electron chi connectivity index (χ0n) is 10.9. The molecule has 0 saturated carbocycles. The van der Waals surface area contributed by atoms with Crippen LogP contribution in [0.25, 0.3) is 0 Å². The lowest BCUT2D eigenvalue weighted by Gasteiger charge is -2.28. The van der Waals surface area contributed by atoms with E-state index in [9.17, 15) is 9.59 Å². The van der Waals surface area contributed by atoms with E-state index in [2.05, 4.69) is 21.8 Å². The molecule has 1 aliphatic heterocycles. The van der Waals surface area contributed by atoms with Gasteiger partial charge in [-0.25, -0.2) is 0 Å². The highest BCUT2D eigenvalue weighted by molar-refractivity contribution is 5.53. The highest BCUT2D eigenvalue weighted by Gasteiger charge is 2.16. The number of H-pyrrole nitrogens is 1. The van der Waals surface area contributed by atoms with Crippen molar-refractivity contribution in [1.29, 1.82) is 0 Å². The van der Waals surface area contributed by atoms with Crippen LogP contribution in [0.4, 0.5) is 5.69 Å². The van der Waals surface area contributed by atoms with Crippen LogP contribution in [0, 0.1) is 0 Å². The summed E-state index contributed by atoms with van der Waals surface area (Å²) < 4.78 is 1.34. The summed E-state index contributed by atoms with van der Waals surface area (Å²) in [6, 6.07) is 10.6. The van der Waals surface area contributed by atoms with Gasteiger partial charge in [0.1, 0.15) is 0 Å². The van der Waals surface area contributed by atoms with E-state index in [1.807, 2.05) is 18.2 Å². The summed E-state index contributed by atoms with van der Waals surface area (Å²) in [6.45, 7) is 1.26. The smallest absolute Gasteiger partial charge is 0.265 e. The standard InChI is InChI=1S/C14H16N4O2/c19-13-5-6-14(20)18(17-13)8-7-12-15-9-10-3-1-2-4-11(10)16-12/h1-6,12,15-16H,7-9H2,(H,17,19)/t12-/m1/s1. The van der Waals surface area contributed by atoms with Crippen molar-refractivity contribution >= 4 is 5.69 Å². The van der Waals surface area contributed by atoms with E-state index in [-0.39, 0.29) is 17.3 Å². The molecule has 20 heavy (non-hydrogen) atoms. The SMILES string of the molecule is O=c1ccc(=O)n(CC[C@@H]2NCc3ccccc3N2)[nH]1. The number of rotatable bonds is 3. The minimum Gasteiger partial charge on any atom is -0.369 e. The summed E-state index contributed by atoms with van der Waals surface area (Å²) in [7, 11) is 0. The van der Waals surface area contributed by atoms with Crippen LogP contribution in [0.3, 0.4) is 0 Å². The van der Waals surface area contributed by atoms with Gasteiger partial charge in [-0.1, -0.05) is 18.2 Å². The number of aromatic nitrogens is 2. The Hall–Kier alpha value is -2.34. The number of hydrogen-bond acceptors (Lipinski definition) is 4. The minimum absolute atomic E-state index is 0.0838. The van der Waals surface area contributed by atoms with Gasteiger partial charge >= 0.3 is 0 Å². The third kappa shape index (κ3) is 2.65. The van der Waals surface area contributed by atoms with Crippen molar-refractivity contribution in [2.24, 2.45) is 0 Å². The van der Waals surface area contributed by atoms with Crippen molar-refractivity contribution in [2.45, 2.75) is 25.7 Å². The quantitative estimate of drug-likeness (QED) is 0.759. The molecule has 0 aliphatic carbocycles. The first-order chi connectivity index (χ1) is 9.72. The highest BCUT2D eigenvalue weighted by Crippen LogP contribution is 2.20. The Bertz CT molecular complexity index is 719. The van der Waals surface area contributed by atoms with Crippen LogP contribution >= 0.6 is 0 Å². The average molecular weight is 272 g/mol. The molecule has 104 valence electrons. The molecule has 0 amide bonds. The number of para-hydroxylation sites is 1. The van der Waals surface area contributed by atoms with Crippen molar-refractivity contribution in [1.82, 2.24) is 15.1 Å². The van der Waals surface area contributed by atoms with Gasteiger partial charge in [0.15, 0.2) is 0 Å². The Morgan fingerprint density at radius 1 is 1.15 bits per heavy atom. The average Bonchev–Trinajstić information content (AvgIpc) is 2.48. The van der Waals surface area contributed by atoms with Crippen molar-refractivity contribution in [3.05, 3.63) is 62.7 Å². The second-order valence-electron chi connectivity index (χ2n) is 4.82. The van der Waals surface area contributed by atoms with Gasteiger partial charge in [0, 0.05) is 37.3 Å². The summed E-state index contributed by atoms with van der Waals surface area (Å²) >= 11 is 0. The van der Waals surface area contributed by atoms with Gasteiger partial charge in [-0.15, -0.1) is 0 Å². The normalized spacial score (nSPS) is 17.3. The Labute approximate surface area is 115 Å². The van der Waals surface area contributed by atoms with E-state index in [0.29, 0.717) is 13.0 Å². The van der Waals surface area contributed by atoms with Crippen LogP contribution in [0.15, 0.2) is 46.0 Å². The second kappa shape index (κ2) is 5.34.